The number of benzene rings is 1. The Morgan fingerprint density at radius 3 is 2.24 bits per heavy atom. The molecule has 1 aromatic rings. The Bertz CT molecular complexity index is 386. The van der Waals surface area contributed by atoms with Crippen LogP contribution in [0.4, 0.5) is 0 Å². The van der Waals surface area contributed by atoms with Gasteiger partial charge in [0.2, 0.25) is 0 Å². The van der Waals surface area contributed by atoms with Crippen molar-refractivity contribution < 1.29 is 0 Å². The second-order valence-electron chi connectivity index (χ2n) is 4.47. The summed E-state index contributed by atoms with van der Waals surface area (Å²) in [4.78, 5) is 1.25. The Kier molecular flexibility index (Phi) is 5.58. The highest BCUT2D eigenvalue weighted by Crippen LogP contribution is 2.40. The van der Waals surface area contributed by atoms with Crippen LogP contribution in [0.25, 0.3) is 0 Å². The highest BCUT2D eigenvalue weighted by atomic mass is 32.2. The van der Waals surface area contributed by atoms with Crippen LogP contribution in [-0.2, 0) is 0 Å². The van der Waals surface area contributed by atoms with Gasteiger partial charge in [0.1, 0.15) is 4.75 Å². The van der Waals surface area contributed by atoms with Crippen LogP contribution in [0.1, 0.15) is 45.1 Å². The highest BCUT2D eigenvalue weighted by Gasteiger charge is 2.29. The van der Waals surface area contributed by atoms with E-state index in [4.69, 9.17) is 0 Å². The maximum atomic E-state index is 9.52. The Morgan fingerprint density at radius 2 is 1.76 bits per heavy atom. The third-order valence-electron chi connectivity index (χ3n) is 2.91. The summed E-state index contributed by atoms with van der Waals surface area (Å²) in [6, 6.07) is 10.9. The van der Waals surface area contributed by atoms with E-state index in [9.17, 15) is 5.26 Å². The monoisotopic (exact) mass is 247 g/mol. The van der Waals surface area contributed by atoms with Crippen molar-refractivity contribution in [1.82, 2.24) is 0 Å². The van der Waals surface area contributed by atoms with Crippen molar-refractivity contribution in [2.24, 2.45) is 0 Å². The van der Waals surface area contributed by atoms with E-state index >= 15 is 0 Å². The second kappa shape index (κ2) is 6.71. The average Bonchev–Trinajstić information content (AvgIpc) is 2.33. The van der Waals surface area contributed by atoms with E-state index < -0.39 is 0 Å². The molecule has 0 amide bonds. The fourth-order valence-corrected chi connectivity index (χ4v) is 3.51. The minimum absolute atomic E-state index is 0.240. The molecule has 0 aliphatic rings. The van der Waals surface area contributed by atoms with Gasteiger partial charge in [0.05, 0.1) is 6.07 Å². The lowest BCUT2D eigenvalue weighted by Crippen LogP contribution is -2.21. The number of nitrogens with zero attached hydrogens (tertiary/aromatic N) is 1. The molecule has 92 valence electrons. The topological polar surface area (TPSA) is 23.8 Å². The number of nitriles is 1. The predicted molar refractivity (Wildman–Crippen MR) is 75.2 cm³/mol. The summed E-state index contributed by atoms with van der Waals surface area (Å²) in [5.41, 5.74) is 1.27. The van der Waals surface area contributed by atoms with Crippen LogP contribution in [0.2, 0.25) is 0 Å². The first-order valence-corrected chi connectivity index (χ1v) is 7.15. The first-order valence-electron chi connectivity index (χ1n) is 6.33. The average molecular weight is 247 g/mol. The Hall–Kier alpha value is -0.940. The summed E-state index contributed by atoms with van der Waals surface area (Å²) >= 11 is 1.75. The smallest absolute Gasteiger partial charge is 0.107 e. The maximum absolute atomic E-state index is 9.52. The first-order chi connectivity index (χ1) is 8.17. The number of hydrogen-bond acceptors (Lipinski definition) is 2. The number of aryl methyl sites for hydroxylation is 1. The molecule has 0 fully saturated rings. The molecule has 0 atom stereocenters. The lowest BCUT2D eigenvalue weighted by atomic mass is 9.99. The third-order valence-corrected chi connectivity index (χ3v) is 4.48. The third kappa shape index (κ3) is 3.78. The highest BCUT2D eigenvalue weighted by molar-refractivity contribution is 8.01. The van der Waals surface area contributed by atoms with E-state index in [1.807, 2.05) is 6.07 Å². The molecule has 0 unspecified atom stereocenters. The van der Waals surface area contributed by atoms with Gasteiger partial charge in [0.25, 0.3) is 0 Å². The number of thioether (sulfide) groups is 1. The van der Waals surface area contributed by atoms with Gasteiger partial charge in [-0.1, -0.05) is 44.9 Å². The van der Waals surface area contributed by atoms with E-state index in [1.54, 1.807) is 11.8 Å². The Morgan fingerprint density at radius 1 is 1.18 bits per heavy atom. The molecule has 0 N–H and O–H groups in total. The zero-order valence-corrected chi connectivity index (χ0v) is 11.8. The summed E-state index contributed by atoms with van der Waals surface area (Å²) in [6.45, 7) is 6.42. The van der Waals surface area contributed by atoms with Gasteiger partial charge in [-0.25, -0.2) is 0 Å². The molecule has 2 heteroatoms. The molecule has 0 aliphatic carbocycles. The quantitative estimate of drug-likeness (QED) is 0.664. The molecule has 0 aliphatic heterocycles. The standard InChI is InChI=1S/C15H21NS/c1-4-10-15(12-16,11-5-2)17-14-9-7-6-8-13(14)3/h6-9H,4-5,10-11H2,1-3H3. The van der Waals surface area contributed by atoms with Crippen LogP contribution in [-0.4, -0.2) is 4.75 Å². The van der Waals surface area contributed by atoms with Crippen LogP contribution < -0.4 is 0 Å². The normalized spacial score (nSPS) is 11.2. The van der Waals surface area contributed by atoms with Gasteiger partial charge in [-0.2, -0.15) is 5.26 Å². The van der Waals surface area contributed by atoms with Crippen LogP contribution in [0.3, 0.4) is 0 Å². The van der Waals surface area contributed by atoms with Crippen LogP contribution >= 0.6 is 11.8 Å². The number of rotatable bonds is 6. The van der Waals surface area contributed by atoms with Crippen LogP contribution in [0.15, 0.2) is 29.2 Å². The van der Waals surface area contributed by atoms with Gasteiger partial charge in [-0.15, -0.1) is 11.8 Å². The van der Waals surface area contributed by atoms with Gasteiger partial charge >= 0.3 is 0 Å². The van der Waals surface area contributed by atoms with E-state index in [1.165, 1.54) is 10.5 Å². The predicted octanol–water partition coefficient (Wildman–Crippen LogP) is 4.95. The molecular formula is C15H21NS. The molecule has 1 rings (SSSR count). The molecule has 1 nitrogen and oxygen atoms in total. The van der Waals surface area contributed by atoms with Crippen molar-refractivity contribution >= 4 is 11.8 Å². The maximum Gasteiger partial charge on any atom is 0.107 e. The summed E-state index contributed by atoms with van der Waals surface area (Å²) in [6.07, 6.45) is 4.06. The van der Waals surface area contributed by atoms with Crippen LogP contribution in [0, 0.1) is 18.3 Å². The summed E-state index contributed by atoms with van der Waals surface area (Å²) in [7, 11) is 0. The minimum Gasteiger partial charge on any atom is -0.197 e. The zero-order chi connectivity index (χ0) is 12.7. The van der Waals surface area contributed by atoms with Crippen LogP contribution in [0.5, 0.6) is 0 Å². The van der Waals surface area contributed by atoms with Crippen molar-refractivity contribution in [3.05, 3.63) is 29.8 Å². The lowest BCUT2D eigenvalue weighted by Gasteiger charge is -2.25. The summed E-state index contributed by atoms with van der Waals surface area (Å²) in [5, 5.41) is 9.52. The van der Waals surface area contributed by atoms with Crippen molar-refractivity contribution in [1.29, 1.82) is 5.26 Å². The van der Waals surface area contributed by atoms with Gasteiger partial charge < -0.3 is 0 Å². The van der Waals surface area contributed by atoms with Crippen molar-refractivity contribution in [2.75, 3.05) is 0 Å². The molecule has 0 bridgehead atoms. The number of hydrogen-bond donors (Lipinski definition) is 0. The molecule has 0 saturated carbocycles. The zero-order valence-electron chi connectivity index (χ0n) is 11.0. The Balaban J connectivity index is 2.94. The SMILES string of the molecule is CCCC(C#N)(CCC)Sc1ccccc1C. The lowest BCUT2D eigenvalue weighted by molar-refractivity contribution is 0.584. The second-order valence-corrected chi connectivity index (χ2v) is 5.90. The van der Waals surface area contributed by atoms with Crippen molar-refractivity contribution in [3.8, 4) is 6.07 Å². The molecule has 0 heterocycles. The summed E-state index contributed by atoms with van der Waals surface area (Å²) < 4.78 is -0.240. The molecule has 17 heavy (non-hydrogen) atoms. The van der Waals surface area contributed by atoms with Gasteiger partial charge in [0, 0.05) is 4.90 Å². The molecule has 1 aromatic carbocycles. The molecule has 0 spiro atoms. The fourth-order valence-electron chi connectivity index (χ4n) is 2.05. The first kappa shape index (κ1) is 14.1. The van der Waals surface area contributed by atoms with Gasteiger partial charge in [0.15, 0.2) is 0 Å². The van der Waals surface area contributed by atoms with Gasteiger partial charge in [-0.05, 0) is 31.4 Å². The molecule has 0 radical (unpaired) electrons. The van der Waals surface area contributed by atoms with E-state index in [2.05, 4.69) is 45.0 Å². The van der Waals surface area contributed by atoms with E-state index in [0.717, 1.165) is 25.7 Å². The molecular weight excluding hydrogens is 226 g/mol. The largest absolute Gasteiger partial charge is 0.197 e. The van der Waals surface area contributed by atoms with E-state index in [-0.39, 0.29) is 4.75 Å². The summed E-state index contributed by atoms with van der Waals surface area (Å²) in [5.74, 6) is 0. The van der Waals surface area contributed by atoms with Gasteiger partial charge in [-0.3, -0.25) is 0 Å². The fraction of sp³-hybridized carbons (Fsp3) is 0.533. The Labute approximate surface area is 109 Å². The van der Waals surface area contributed by atoms with Crippen molar-refractivity contribution in [2.45, 2.75) is 56.1 Å². The minimum atomic E-state index is -0.240. The van der Waals surface area contributed by atoms with Crippen molar-refractivity contribution in [3.63, 3.8) is 0 Å². The molecule has 0 saturated heterocycles. The van der Waals surface area contributed by atoms with E-state index in [0.29, 0.717) is 0 Å². The molecule has 0 aromatic heterocycles.